The van der Waals surface area contributed by atoms with Crippen LogP contribution in [0.5, 0.6) is 5.75 Å². The molecular weight excluding hydrogens is 350 g/mol. The number of amides is 1. The number of hydrogen-bond donors (Lipinski definition) is 2. The van der Waals surface area contributed by atoms with Crippen LogP contribution in [-0.2, 0) is 4.79 Å². The summed E-state index contributed by atoms with van der Waals surface area (Å²) in [7, 11) is 0. The lowest BCUT2D eigenvalue weighted by Crippen LogP contribution is -2.37. The Morgan fingerprint density at radius 2 is 1.69 bits per heavy atom. The zero-order chi connectivity index (χ0) is 18.1. The van der Waals surface area contributed by atoms with Crippen molar-refractivity contribution in [3.8, 4) is 5.75 Å². The fourth-order valence-electron chi connectivity index (χ4n) is 2.77. The summed E-state index contributed by atoms with van der Waals surface area (Å²) in [6.07, 6.45) is 0. The molecule has 26 heavy (non-hydrogen) atoms. The number of likely N-dealkylation sites (N-methyl/N-ethyl adjacent to an activating group) is 1. The van der Waals surface area contributed by atoms with Gasteiger partial charge in [0.1, 0.15) is 18.4 Å². The Hall–Kier alpha value is -2.08. The molecule has 5 nitrogen and oxygen atoms in total. The van der Waals surface area contributed by atoms with Crippen molar-refractivity contribution >= 4 is 24.0 Å². The van der Waals surface area contributed by atoms with Gasteiger partial charge in [-0.25, -0.2) is 0 Å². The number of benzene rings is 2. The Balaban J connectivity index is 0.00000338. The minimum Gasteiger partial charge on any atom is -0.492 e. The number of nitrogens with one attached hydrogen (secondary N) is 1. The predicted molar refractivity (Wildman–Crippen MR) is 109 cm³/mol. The SMILES string of the molecule is CCN(CC)C(C(=O)Nc1ccc(OCCN)cc1)c1ccccc1.Cl. The van der Waals surface area contributed by atoms with Gasteiger partial charge in [-0.05, 0) is 42.9 Å². The van der Waals surface area contributed by atoms with Crippen molar-refractivity contribution < 1.29 is 9.53 Å². The zero-order valence-corrected chi connectivity index (χ0v) is 16.2. The number of carbonyl (C=O) groups excluding carboxylic acids is 1. The molecule has 0 saturated carbocycles. The smallest absolute Gasteiger partial charge is 0.246 e. The highest BCUT2D eigenvalue weighted by Crippen LogP contribution is 2.23. The molecule has 1 unspecified atom stereocenters. The van der Waals surface area contributed by atoms with Crippen molar-refractivity contribution in [1.29, 1.82) is 0 Å². The maximum atomic E-state index is 12.9. The Morgan fingerprint density at radius 3 is 2.23 bits per heavy atom. The van der Waals surface area contributed by atoms with Crippen molar-refractivity contribution in [3.05, 3.63) is 60.2 Å². The lowest BCUT2D eigenvalue weighted by Gasteiger charge is -2.29. The molecule has 0 aliphatic heterocycles. The third-order valence-corrected chi connectivity index (χ3v) is 4.05. The third kappa shape index (κ3) is 6.02. The highest BCUT2D eigenvalue weighted by atomic mass is 35.5. The molecule has 2 aromatic rings. The molecule has 0 aromatic heterocycles. The molecule has 0 radical (unpaired) electrons. The molecule has 0 fully saturated rings. The van der Waals surface area contributed by atoms with E-state index >= 15 is 0 Å². The number of ether oxygens (including phenoxy) is 1. The molecule has 6 heteroatoms. The molecule has 1 atom stereocenters. The number of halogens is 1. The summed E-state index contributed by atoms with van der Waals surface area (Å²) in [6.45, 7) is 6.68. The number of nitrogens with two attached hydrogens (primary N) is 1. The average molecular weight is 378 g/mol. The zero-order valence-electron chi connectivity index (χ0n) is 15.4. The molecule has 0 aliphatic carbocycles. The van der Waals surface area contributed by atoms with E-state index in [1.807, 2.05) is 54.6 Å². The van der Waals surface area contributed by atoms with Gasteiger partial charge in [0.2, 0.25) is 5.91 Å². The molecule has 0 heterocycles. The molecule has 0 aliphatic rings. The molecule has 0 spiro atoms. The molecule has 3 N–H and O–H groups in total. The van der Waals surface area contributed by atoms with Crippen LogP contribution in [0.1, 0.15) is 25.5 Å². The van der Waals surface area contributed by atoms with E-state index in [4.69, 9.17) is 10.5 Å². The highest BCUT2D eigenvalue weighted by molar-refractivity contribution is 5.95. The van der Waals surface area contributed by atoms with Crippen LogP contribution in [0.25, 0.3) is 0 Å². The normalized spacial score (nSPS) is 11.5. The number of anilines is 1. The molecule has 0 saturated heterocycles. The van der Waals surface area contributed by atoms with E-state index in [9.17, 15) is 4.79 Å². The average Bonchev–Trinajstić information content (AvgIpc) is 2.66. The summed E-state index contributed by atoms with van der Waals surface area (Å²) in [5, 5.41) is 3.01. The maximum absolute atomic E-state index is 12.9. The first kappa shape index (κ1) is 22.0. The molecule has 0 bridgehead atoms. The van der Waals surface area contributed by atoms with Crippen LogP contribution < -0.4 is 15.8 Å². The van der Waals surface area contributed by atoms with Gasteiger partial charge in [0.15, 0.2) is 0 Å². The molecular formula is C20H28ClN3O2. The van der Waals surface area contributed by atoms with Gasteiger partial charge in [0, 0.05) is 12.2 Å². The highest BCUT2D eigenvalue weighted by Gasteiger charge is 2.25. The van der Waals surface area contributed by atoms with Gasteiger partial charge in [-0.15, -0.1) is 12.4 Å². The van der Waals surface area contributed by atoms with Crippen molar-refractivity contribution in [3.63, 3.8) is 0 Å². The van der Waals surface area contributed by atoms with E-state index in [-0.39, 0.29) is 24.4 Å². The standard InChI is InChI=1S/C20H27N3O2.ClH/c1-3-23(4-2)19(16-8-6-5-7-9-16)20(24)22-17-10-12-18(13-11-17)25-15-14-21;/h5-13,19H,3-4,14-15,21H2,1-2H3,(H,22,24);1H. The largest absolute Gasteiger partial charge is 0.492 e. The number of carbonyl (C=O) groups is 1. The van der Waals surface area contributed by atoms with Crippen LogP contribution in [-0.4, -0.2) is 37.0 Å². The summed E-state index contributed by atoms with van der Waals surface area (Å²) < 4.78 is 5.46. The molecule has 2 rings (SSSR count). The maximum Gasteiger partial charge on any atom is 0.246 e. The lowest BCUT2D eigenvalue weighted by molar-refractivity contribution is -0.121. The minimum atomic E-state index is -0.315. The van der Waals surface area contributed by atoms with Crippen LogP contribution in [0.3, 0.4) is 0 Å². The topological polar surface area (TPSA) is 67.6 Å². The van der Waals surface area contributed by atoms with Crippen LogP contribution in [0.15, 0.2) is 54.6 Å². The van der Waals surface area contributed by atoms with Crippen molar-refractivity contribution in [2.24, 2.45) is 5.73 Å². The first-order chi connectivity index (χ1) is 12.2. The van der Waals surface area contributed by atoms with Gasteiger partial charge in [-0.1, -0.05) is 44.2 Å². The van der Waals surface area contributed by atoms with Gasteiger partial charge >= 0.3 is 0 Å². The van der Waals surface area contributed by atoms with Crippen LogP contribution in [0, 0.1) is 0 Å². The molecule has 2 aromatic carbocycles. The van der Waals surface area contributed by atoms with Crippen molar-refractivity contribution in [2.45, 2.75) is 19.9 Å². The van der Waals surface area contributed by atoms with Gasteiger partial charge in [0.25, 0.3) is 0 Å². The van der Waals surface area contributed by atoms with Gasteiger partial charge < -0.3 is 15.8 Å². The number of hydrogen-bond acceptors (Lipinski definition) is 4. The fourth-order valence-corrected chi connectivity index (χ4v) is 2.77. The van der Waals surface area contributed by atoms with E-state index in [0.29, 0.717) is 13.2 Å². The summed E-state index contributed by atoms with van der Waals surface area (Å²) in [5.41, 5.74) is 7.17. The first-order valence-corrected chi connectivity index (χ1v) is 8.72. The Bertz CT molecular complexity index is 646. The van der Waals surface area contributed by atoms with Gasteiger partial charge in [-0.3, -0.25) is 9.69 Å². The van der Waals surface area contributed by atoms with E-state index < -0.39 is 0 Å². The second kappa shape index (κ2) is 11.5. The van der Waals surface area contributed by atoms with Crippen LogP contribution in [0.4, 0.5) is 5.69 Å². The summed E-state index contributed by atoms with van der Waals surface area (Å²) >= 11 is 0. The quantitative estimate of drug-likeness (QED) is 0.702. The lowest BCUT2D eigenvalue weighted by atomic mass is 10.0. The van der Waals surface area contributed by atoms with Crippen LogP contribution >= 0.6 is 12.4 Å². The van der Waals surface area contributed by atoms with E-state index in [0.717, 1.165) is 30.1 Å². The van der Waals surface area contributed by atoms with Crippen molar-refractivity contribution in [1.82, 2.24) is 4.90 Å². The summed E-state index contributed by atoms with van der Waals surface area (Å²) in [4.78, 5) is 15.1. The number of rotatable bonds is 9. The van der Waals surface area contributed by atoms with E-state index in [2.05, 4.69) is 24.1 Å². The third-order valence-electron chi connectivity index (χ3n) is 4.05. The van der Waals surface area contributed by atoms with E-state index in [1.165, 1.54) is 0 Å². The molecule has 1 amide bonds. The van der Waals surface area contributed by atoms with Gasteiger partial charge in [-0.2, -0.15) is 0 Å². The Labute approximate surface area is 161 Å². The van der Waals surface area contributed by atoms with Crippen molar-refractivity contribution in [2.75, 3.05) is 31.6 Å². The fraction of sp³-hybridized carbons (Fsp3) is 0.350. The van der Waals surface area contributed by atoms with Gasteiger partial charge in [0.05, 0.1) is 0 Å². The van der Waals surface area contributed by atoms with Crippen LogP contribution in [0.2, 0.25) is 0 Å². The predicted octanol–water partition coefficient (Wildman–Crippen LogP) is 3.47. The first-order valence-electron chi connectivity index (χ1n) is 8.72. The van der Waals surface area contributed by atoms with E-state index in [1.54, 1.807) is 0 Å². The second-order valence-electron chi connectivity index (χ2n) is 5.69. The second-order valence-corrected chi connectivity index (χ2v) is 5.69. The minimum absolute atomic E-state index is 0. The Kier molecular flexibility index (Phi) is 9.73. The summed E-state index contributed by atoms with van der Waals surface area (Å²) in [6, 6.07) is 16.9. The number of nitrogens with zero attached hydrogens (tertiary/aromatic N) is 1. The Morgan fingerprint density at radius 1 is 1.08 bits per heavy atom. The molecule has 142 valence electrons. The summed E-state index contributed by atoms with van der Waals surface area (Å²) in [5.74, 6) is 0.706. The monoisotopic (exact) mass is 377 g/mol.